The minimum Gasteiger partial charge on any atom is -0.396 e. The average molecular weight is 269 g/mol. The van der Waals surface area contributed by atoms with Gasteiger partial charge in [-0.3, -0.25) is 4.90 Å². The molecule has 1 aromatic rings. The molecule has 0 spiro atoms. The van der Waals surface area contributed by atoms with Gasteiger partial charge >= 0.3 is 0 Å². The first-order chi connectivity index (χ1) is 8.70. The zero-order chi connectivity index (χ0) is 13.0. The molecule has 1 saturated heterocycles. The fourth-order valence-corrected chi connectivity index (χ4v) is 2.72. The van der Waals surface area contributed by atoms with E-state index >= 15 is 0 Å². The highest BCUT2D eigenvalue weighted by atomic mass is 35.5. The molecule has 4 heteroatoms. The Kier molecular flexibility index (Phi) is 5.01. The second-order valence-corrected chi connectivity index (χ2v) is 5.39. The molecule has 0 amide bonds. The Hall–Kier alpha value is -0.610. The highest BCUT2D eigenvalue weighted by Gasteiger charge is 2.24. The lowest BCUT2D eigenvalue weighted by molar-refractivity contribution is 0.126. The second-order valence-electron chi connectivity index (χ2n) is 4.95. The summed E-state index contributed by atoms with van der Waals surface area (Å²) in [7, 11) is 0. The van der Waals surface area contributed by atoms with Crippen molar-refractivity contribution >= 4 is 11.6 Å². The topological polar surface area (TPSA) is 49.5 Å². The molecule has 1 aliphatic rings. The number of piperidine rings is 1. The van der Waals surface area contributed by atoms with E-state index in [9.17, 15) is 5.11 Å². The van der Waals surface area contributed by atoms with Crippen LogP contribution in [0.15, 0.2) is 24.3 Å². The summed E-state index contributed by atoms with van der Waals surface area (Å²) in [5.41, 5.74) is 7.16. The number of aliphatic hydroxyl groups is 1. The molecule has 3 nitrogen and oxygen atoms in total. The number of nitrogens with two attached hydrogens (primary N) is 1. The number of likely N-dealkylation sites (tertiary alicyclic amines) is 1. The van der Waals surface area contributed by atoms with Crippen molar-refractivity contribution in [3.05, 3.63) is 34.9 Å². The zero-order valence-electron chi connectivity index (χ0n) is 10.6. The third-order valence-electron chi connectivity index (χ3n) is 3.67. The van der Waals surface area contributed by atoms with Crippen molar-refractivity contribution in [3.8, 4) is 0 Å². The molecule has 1 aromatic carbocycles. The summed E-state index contributed by atoms with van der Waals surface area (Å²) in [6.45, 7) is 2.22. The van der Waals surface area contributed by atoms with Crippen LogP contribution in [0.25, 0.3) is 0 Å². The highest BCUT2D eigenvalue weighted by molar-refractivity contribution is 6.30. The molecule has 100 valence electrons. The summed E-state index contributed by atoms with van der Waals surface area (Å²) >= 11 is 5.92. The predicted octanol–water partition coefficient (Wildman–Crippen LogP) is 2.19. The van der Waals surface area contributed by atoms with Gasteiger partial charge in [0.1, 0.15) is 0 Å². The Morgan fingerprint density at radius 3 is 2.44 bits per heavy atom. The van der Waals surface area contributed by atoms with Crippen LogP contribution in [0, 0.1) is 0 Å². The Labute approximate surface area is 114 Å². The Bertz CT molecular complexity index is 361. The van der Waals surface area contributed by atoms with Gasteiger partial charge in [-0.05, 0) is 37.0 Å². The van der Waals surface area contributed by atoms with E-state index in [1.54, 1.807) is 0 Å². The minimum absolute atomic E-state index is 0.204. The van der Waals surface area contributed by atoms with E-state index in [2.05, 4.69) is 17.0 Å². The van der Waals surface area contributed by atoms with Crippen LogP contribution in [0.1, 0.15) is 30.9 Å². The third-order valence-corrected chi connectivity index (χ3v) is 3.92. The van der Waals surface area contributed by atoms with Gasteiger partial charge in [0.25, 0.3) is 0 Å². The van der Waals surface area contributed by atoms with Crippen LogP contribution >= 0.6 is 11.6 Å². The van der Waals surface area contributed by atoms with E-state index < -0.39 is 0 Å². The van der Waals surface area contributed by atoms with Crippen molar-refractivity contribution in [2.45, 2.75) is 31.3 Å². The summed E-state index contributed by atoms with van der Waals surface area (Å²) < 4.78 is 0. The number of halogens is 1. The molecule has 0 aliphatic carbocycles. The molecule has 3 N–H and O–H groups in total. The first kappa shape index (κ1) is 13.8. The zero-order valence-corrected chi connectivity index (χ0v) is 11.3. The fourth-order valence-electron chi connectivity index (χ4n) is 2.60. The first-order valence-electron chi connectivity index (χ1n) is 6.56. The van der Waals surface area contributed by atoms with Gasteiger partial charge in [-0.1, -0.05) is 23.7 Å². The van der Waals surface area contributed by atoms with Gasteiger partial charge in [-0.15, -0.1) is 0 Å². The number of aliphatic hydroxyl groups excluding tert-OH is 1. The largest absolute Gasteiger partial charge is 0.396 e. The Morgan fingerprint density at radius 1 is 1.28 bits per heavy atom. The van der Waals surface area contributed by atoms with Crippen molar-refractivity contribution in [1.82, 2.24) is 4.90 Å². The molecule has 0 aromatic heterocycles. The molecule has 0 radical (unpaired) electrons. The molecule has 1 heterocycles. The van der Waals surface area contributed by atoms with Crippen molar-refractivity contribution in [1.29, 1.82) is 0 Å². The maximum absolute atomic E-state index is 9.26. The lowest BCUT2D eigenvalue weighted by Crippen LogP contribution is -2.41. The molecule has 18 heavy (non-hydrogen) atoms. The number of rotatable bonds is 4. The molecule has 1 fully saturated rings. The summed E-state index contributed by atoms with van der Waals surface area (Å²) in [4.78, 5) is 2.42. The van der Waals surface area contributed by atoms with Crippen molar-refractivity contribution in [2.24, 2.45) is 5.73 Å². The van der Waals surface area contributed by atoms with Gasteiger partial charge in [0, 0.05) is 36.8 Å². The van der Waals surface area contributed by atoms with Gasteiger partial charge in [0.15, 0.2) is 0 Å². The van der Waals surface area contributed by atoms with Crippen molar-refractivity contribution in [2.75, 3.05) is 19.7 Å². The van der Waals surface area contributed by atoms with Crippen LogP contribution in [0.3, 0.4) is 0 Å². The average Bonchev–Trinajstić information content (AvgIpc) is 2.39. The van der Waals surface area contributed by atoms with Gasteiger partial charge in [0.2, 0.25) is 0 Å². The molecule has 2 rings (SSSR count). The molecule has 0 unspecified atom stereocenters. The lowest BCUT2D eigenvalue weighted by Gasteiger charge is -2.36. The number of hydrogen-bond acceptors (Lipinski definition) is 3. The molecular formula is C14H21ClN2O. The van der Waals surface area contributed by atoms with Gasteiger partial charge < -0.3 is 10.8 Å². The molecule has 1 atom stereocenters. The van der Waals surface area contributed by atoms with Crippen LogP contribution in [0.5, 0.6) is 0 Å². The smallest absolute Gasteiger partial charge is 0.0449 e. The third kappa shape index (κ3) is 3.45. The lowest BCUT2D eigenvalue weighted by atomic mass is 9.98. The standard InChI is InChI=1S/C14H21ClN2O/c15-12-3-1-11(2-4-12)14(7-10-18)17-8-5-13(16)6-9-17/h1-4,13-14,18H,5-10,16H2/t14-/m0/s1. The molecule has 0 bridgehead atoms. The number of hydrogen-bond donors (Lipinski definition) is 2. The van der Waals surface area contributed by atoms with Gasteiger partial charge in [-0.25, -0.2) is 0 Å². The van der Waals surface area contributed by atoms with Crippen LogP contribution in [0.2, 0.25) is 5.02 Å². The summed E-state index contributed by atoms with van der Waals surface area (Å²) in [6.07, 6.45) is 2.84. The normalized spacial score (nSPS) is 19.9. The Morgan fingerprint density at radius 2 is 1.89 bits per heavy atom. The predicted molar refractivity (Wildman–Crippen MR) is 74.7 cm³/mol. The van der Waals surface area contributed by atoms with E-state index in [0.29, 0.717) is 6.04 Å². The SMILES string of the molecule is NC1CCN([C@@H](CCO)c2ccc(Cl)cc2)CC1. The van der Waals surface area contributed by atoms with Crippen LogP contribution in [0.4, 0.5) is 0 Å². The van der Waals surface area contributed by atoms with Crippen LogP contribution in [-0.4, -0.2) is 35.7 Å². The van der Waals surface area contributed by atoms with Gasteiger partial charge in [0.05, 0.1) is 0 Å². The van der Waals surface area contributed by atoms with Crippen LogP contribution < -0.4 is 5.73 Å². The monoisotopic (exact) mass is 268 g/mol. The fraction of sp³-hybridized carbons (Fsp3) is 0.571. The van der Waals surface area contributed by atoms with E-state index in [1.165, 1.54) is 5.56 Å². The van der Waals surface area contributed by atoms with E-state index in [4.69, 9.17) is 17.3 Å². The van der Waals surface area contributed by atoms with E-state index in [0.717, 1.165) is 37.4 Å². The summed E-state index contributed by atoms with van der Waals surface area (Å²) in [5.74, 6) is 0. The van der Waals surface area contributed by atoms with Gasteiger partial charge in [-0.2, -0.15) is 0 Å². The summed E-state index contributed by atoms with van der Waals surface area (Å²) in [6, 6.07) is 8.54. The van der Waals surface area contributed by atoms with E-state index in [-0.39, 0.29) is 12.6 Å². The Balaban J connectivity index is 2.09. The van der Waals surface area contributed by atoms with E-state index in [1.807, 2.05) is 12.1 Å². The number of benzene rings is 1. The highest BCUT2D eigenvalue weighted by Crippen LogP contribution is 2.28. The number of nitrogens with zero attached hydrogens (tertiary/aromatic N) is 1. The summed E-state index contributed by atoms with van der Waals surface area (Å²) in [5, 5.41) is 10.0. The maximum atomic E-state index is 9.26. The quantitative estimate of drug-likeness (QED) is 0.880. The van der Waals surface area contributed by atoms with Crippen LogP contribution in [-0.2, 0) is 0 Å². The second kappa shape index (κ2) is 6.53. The molecule has 1 aliphatic heterocycles. The van der Waals surface area contributed by atoms with Crippen molar-refractivity contribution in [3.63, 3.8) is 0 Å². The molecular weight excluding hydrogens is 248 g/mol. The minimum atomic E-state index is 0.204. The molecule has 0 saturated carbocycles. The first-order valence-corrected chi connectivity index (χ1v) is 6.94. The maximum Gasteiger partial charge on any atom is 0.0449 e. The van der Waals surface area contributed by atoms with Crippen molar-refractivity contribution < 1.29 is 5.11 Å².